The average molecular weight is 325 g/mol. The van der Waals surface area contributed by atoms with E-state index in [-0.39, 0.29) is 16.7 Å². The Bertz CT molecular complexity index is 595. The maximum atomic E-state index is 13.4. The second-order valence-electron chi connectivity index (χ2n) is 4.24. The molecular formula is C14H14BrFN2O. The summed E-state index contributed by atoms with van der Waals surface area (Å²) in [5.41, 5.74) is 0.353. The number of Topliss-reactive ketones (excluding diaryl/α,β-unsaturated/α-hetero) is 1. The molecule has 0 aliphatic heterocycles. The molecule has 1 heterocycles. The molecule has 19 heavy (non-hydrogen) atoms. The highest BCUT2D eigenvalue weighted by Crippen LogP contribution is 2.21. The molecule has 0 fully saturated rings. The number of halogens is 2. The first kappa shape index (κ1) is 13.9. The van der Waals surface area contributed by atoms with Crippen LogP contribution in [-0.4, -0.2) is 15.3 Å². The predicted octanol–water partition coefficient (Wildman–Crippen LogP) is 3.62. The van der Waals surface area contributed by atoms with E-state index >= 15 is 0 Å². The van der Waals surface area contributed by atoms with Gasteiger partial charge in [-0.3, -0.25) is 4.79 Å². The molecule has 0 aliphatic rings. The smallest absolute Gasteiger partial charge is 0.171 e. The molecule has 0 bridgehead atoms. The van der Waals surface area contributed by atoms with Crippen molar-refractivity contribution in [2.75, 3.05) is 0 Å². The number of carbonyl (C=O) groups is 1. The molecule has 0 saturated heterocycles. The van der Waals surface area contributed by atoms with E-state index in [0.717, 1.165) is 13.0 Å². The summed E-state index contributed by atoms with van der Waals surface area (Å²) in [6.45, 7) is 2.89. The SMILES string of the molecule is CCCn1ccnc1CC(=O)c1cccc(F)c1Br. The van der Waals surface area contributed by atoms with Gasteiger partial charge in [-0.25, -0.2) is 9.37 Å². The van der Waals surface area contributed by atoms with Crippen LogP contribution in [0.2, 0.25) is 0 Å². The molecule has 0 saturated carbocycles. The summed E-state index contributed by atoms with van der Waals surface area (Å²) in [6.07, 6.45) is 4.68. The van der Waals surface area contributed by atoms with Crippen molar-refractivity contribution in [3.63, 3.8) is 0 Å². The number of ketones is 1. The van der Waals surface area contributed by atoms with E-state index < -0.39 is 5.82 Å². The molecule has 0 N–H and O–H groups in total. The summed E-state index contributed by atoms with van der Waals surface area (Å²) in [6, 6.07) is 4.47. The Morgan fingerprint density at radius 1 is 1.47 bits per heavy atom. The van der Waals surface area contributed by atoms with Crippen LogP contribution in [0.25, 0.3) is 0 Å². The van der Waals surface area contributed by atoms with Crippen molar-refractivity contribution in [3.8, 4) is 0 Å². The van der Waals surface area contributed by atoms with Crippen LogP contribution in [0, 0.1) is 5.82 Å². The molecule has 1 aromatic heterocycles. The lowest BCUT2D eigenvalue weighted by atomic mass is 10.1. The normalized spacial score (nSPS) is 10.7. The third-order valence-corrected chi connectivity index (χ3v) is 3.64. The lowest BCUT2D eigenvalue weighted by Gasteiger charge is -2.07. The number of carbonyl (C=O) groups excluding carboxylic acids is 1. The lowest BCUT2D eigenvalue weighted by Crippen LogP contribution is -2.11. The second-order valence-corrected chi connectivity index (χ2v) is 5.03. The van der Waals surface area contributed by atoms with Gasteiger partial charge in [-0.1, -0.05) is 19.1 Å². The van der Waals surface area contributed by atoms with E-state index in [1.165, 1.54) is 12.1 Å². The van der Waals surface area contributed by atoms with Crippen LogP contribution in [0.1, 0.15) is 29.5 Å². The number of benzene rings is 1. The van der Waals surface area contributed by atoms with Crippen LogP contribution in [0.5, 0.6) is 0 Å². The van der Waals surface area contributed by atoms with E-state index in [4.69, 9.17) is 0 Å². The molecule has 1 aromatic carbocycles. The van der Waals surface area contributed by atoms with Gasteiger partial charge in [-0.15, -0.1) is 0 Å². The summed E-state index contributed by atoms with van der Waals surface area (Å²) < 4.78 is 15.6. The molecular weight excluding hydrogens is 311 g/mol. The highest BCUT2D eigenvalue weighted by Gasteiger charge is 2.15. The van der Waals surface area contributed by atoms with Crippen LogP contribution >= 0.6 is 15.9 Å². The van der Waals surface area contributed by atoms with Gasteiger partial charge < -0.3 is 4.57 Å². The Labute approximate surface area is 119 Å². The van der Waals surface area contributed by atoms with E-state index in [0.29, 0.717) is 11.4 Å². The van der Waals surface area contributed by atoms with Crippen molar-refractivity contribution in [3.05, 3.63) is 52.3 Å². The summed E-state index contributed by atoms with van der Waals surface area (Å²) in [4.78, 5) is 16.4. The molecule has 0 atom stereocenters. The van der Waals surface area contributed by atoms with Crippen molar-refractivity contribution in [1.82, 2.24) is 9.55 Å². The molecule has 0 spiro atoms. The Morgan fingerprint density at radius 2 is 2.26 bits per heavy atom. The molecule has 3 nitrogen and oxygen atoms in total. The monoisotopic (exact) mass is 324 g/mol. The van der Waals surface area contributed by atoms with Gasteiger partial charge in [-0.05, 0) is 28.4 Å². The van der Waals surface area contributed by atoms with Crippen LogP contribution in [0.3, 0.4) is 0 Å². The molecule has 2 rings (SSSR count). The fourth-order valence-corrected chi connectivity index (χ4v) is 2.40. The minimum Gasteiger partial charge on any atom is -0.335 e. The fourth-order valence-electron chi connectivity index (χ4n) is 1.91. The van der Waals surface area contributed by atoms with Gasteiger partial charge in [-0.2, -0.15) is 0 Å². The summed E-state index contributed by atoms with van der Waals surface area (Å²) in [5, 5.41) is 0. The van der Waals surface area contributed by atoms with E-state index in [2.05, 4.69) is 27.8 Å². The average Bonchev–Trinajstić information content (AvgIpc) is 2.80. The summed E-state index contributed by atoms with van der Waals surface area (Å²) in [7, 11) is 0. The highest BCUT2D eigenvalue weighted by molar-refractivity contribution is 9.10. The molecule has 100 valence electrons. The van der Waals surface area contributed by atoms with E-state index in [1.807, 2.05) is 10.8 Å². The Balaban J connectivity index is 2.21. The van der Waals surface area contributed by atoms with Gasteiger partial charge in [0.2, 0.25) is 0 Å². The van der Waals surface area contributed by atoms with Gasteiger partial charge >= 0.3 is 0 Å². The van der Waals surface area contributed by atoms with Gasteiger partial charge in [0.25, 0.3) is 0 Å². The summed E-state index contributed by atoms with van der Waals surface area (Å²) >= 11 is 3.11. The number of aromatic nitrogens is 2. The van der Waals surface area contributed by atoms with Crippen molar-refractivity contribution in [2.45, 2.75) is 26.3 Å². The van der Waals surface area contributed by atoms with Gasteiger partial charge in [0, 0.05) is 24.5 Å². The summed E-state index contributed by atoms with van der Waals surface area (Å²) in [5.74, 6) is 0.140. The number of nitrogens with zero attached hydrogens (tertiary/aromatic N) is 2. The van der Waals surface area contributed by atoms with Crippen molar-refractivity contribution >= 4 is 21.7 Å². The van der Waals surface area contributed by atoms with Crippen molar-refractivity contribution in [2.24, 2.45) is 0 Å². The zero-order valence-electron chi connectivity index (χ0n) is 10.6. The number of hydrogen-bond acceptors (Lipinski definition) is 2. The Morgan fingerprint density at radius 3 is 3.00 bits per heavy atom. The van der Waals surface area contributed by atoms with E-state index in [1.54, 1.807) is 12.3 Å². The minimum atomic E-state index is -0.428. The van der Waals surface area contributed by atoms with Crippen molar-refractivity contribution < 1.29 is 9.18 Å². The van der Waals surface area contributed by atoms with Gasteiger partial charge in [0.05, 0.1) is 10.9 Å². The lowest BCUT2D eigenvalue weighted by molar-refractivity contribution is 0.0988. The predicted molar refractivity (Wildman–Crippen MR) is 74.7 cm³/mol. The van der Waals surface area contributed by atoms with Gasteiger partial charge in [0.15, 0.2) is 5.78 Å². The molecule has 2 aromatic rings. The maximum absolute atomic E-state index is 13.4. The third-order valence-electron chi connectivity index (χ3n) is 2.84. The number of rotatable bonds is 5. The topological polar surface area (TPSA) is 34.9 Å². The maximum Gasteiger partial charge on any atom is 0.171 e. The zero-order valence-corrected chi connectivity index (χ0v) is 12.2. The van der Waals surface area contributed by atoms with E-state index in [9.17, 15) is 9.18 Å². The second kappa shape index (κ2) is 6.10. The third kappa shape index (κ3) is 3.10. The first-order chi connectivity index (χ1) is 9.13. The minimum absolute atomic E-state index is 0.144. The molecule has 0 aliphatic carbocycles. The molecule has 0 radical (unpaired) electrons. The highest BCUT2D eigenvalue weighted by atomic mass is 79.9. The standard InChI is InChI=1S/C14H14BrFN2O/c1-2-7-18-8-6-17-13(18)9-12(19)10-4-3-5-11(16)14(10)15/h3-6,8H,2,7,9H2,1H3. The molecule has 5 heteroatoms. The van der Waals surface area contributed by atoms with Crippen LogP contribution in [0.4, 0.5) is 4.39 Å². The fraction of sp³-hybridized carbons (Fsp3) is 0.286. The number of aryl methyl sites for hydroxylation is 1. The van der Waals surface area contributed by atoms with Crippen LogP contribution < -0.4 is 0 Å². The Kier molecular flexibility index (Phi) is 4.47. The largest absolute Gasteiger partial charge is 0.335 e. The molecule has 0 unspecified atom stereocenters. The number of imidazole rings is 1. The first-order valence-corrected chi connectivity index (χ1v) is 6.90. The van der Waals surface area contributed by atoms with Crippen molar-refractivity contribution in [1.29, 1.82) is 0 Å². The van der Waals surface area contributed by atoms with Crippen LogP contribution in [-0.2, 0) is 13.0 Å². The zero-order chi connectivity index (χ0) is 13.8. The molecule has 0 amide bonds. The Hall–Kier alpha value is -1.49. The quantitative estimate of drug-likeness (QED) is 0.787. The number of hydrogen-bond donors (Lipinski definition) is 0. The van der Waals surface area contributed by atoms with Crippen LogP contribution in [0.15, 0.2) is 35.1 Å². The van der Waals surface area contributed by atoms with Gasteiger partial charge in [0.1, 0.15) is 11.6 Å². The first-order valence-electron chi connectivity index (χ1n) is 6.10.